The average Bonchev–Trinajstić information content (AvgIpc) is 2.73. The number of aliphatic imine (C=N–C) groups is 1. The van der Waals surface area contributed by atoms with E-state index in [9.17, 15) is 9.50 Å². The van der Waals surface area contributed by atoms with Gasteiger partial charge in [0, 0.05) is 12.8 Å². The summed E-state index contributed by atoms with van der Waals surface area (Å²) >= 11 is 0. The van der Waals surface area contributed by atoms with E-state index < -0.39 is 0 Å². The van der Waals surface area contributed by atoms with Crippen LogP contribution in [0, 0.1) is 5.82 Å². The van der Waals surface area contributed by atoms with Crippen molar-refractivity contribution >= 4 is 17.4 Å². The number of hydrogen-bond acceptors (Lipinski definition) is 2. The molecule has 1 aliphatic heterocycles. The van der Waals surface area contributed by atoms with Crippen molar-refractivity contribution in [3.8, 4) is 0 Å². The Labute approximate surface area is 117 Å². The zero-order chi connectivity index (χ0) is 14.1. The summed E-state index contributed by atoms with van der Waals surface area (Å²) in [5, 5.41) is 9.25. The molecule has 1 heterocycles. The van der Waals surface area contributed by atoms with Crippen LogP contribution in [0.25, 0.3) is 11.1 Å². The van der Waals surface area contributed by atoms with E-state index in [2.05, 4.69) is 11.1 Å². The highest BCUT2D eigenvalue weighted by Gasteiger charge is 2.25. The van der Waals surface area contributed by atoms with Gasteiger partial charge in [0.15, 0.2) is 0 Å². The predicted octanol–water partition coefficient (Wildman–Crippen LogP) is 3.39. The maximum Gasteiger partial charge on any atom is 0.123 e. The lowest BCUT2D eigenvalue weighted by atomic mass is 9.96. The van der Waals surface area contributed by atoms with Gasteiger partial charge in [-0.15, -0.1) is 0 Å². The smallest absolute Gasteiger partial charge is 0.123 e. The van der Waals surface area contributed by atoms with Crippen LogP contribution in [0.3, 0.4) is 0 Å². The summed E-state index contributed by atoms with van der Waals surface area (Å²) in [6.45, 7) is 2.75. The number of aliphatic hydroxyl groups excluding tert-OH is 1. The van der Waals surface area contributed by atoms with Crippen LogP contribution in [0.15, 0.2) is 46.5 Å². The van der Waals surface area contributed by atoms with Crippen LogP contribution in [0.5, 0.6) is 0 Å². The van der Waals surface area contributed by atoms with E-state index in [1.807, 2.05) is 19.1 Å². The number of halogens is 1. The van der Waals surface area contributed by atoms with Crippen molar-refractivity contribution in [3.63, 3.8) is 0 Å². The van der Waals surface area contributed by atoms with Gasteiger partial charge in [0.2, 0.25) is 0 Å². The molecule has 0 atom stereocenters. The molecule has 2 aliphatic rings. The zero-order valence-corrected chi connectivity index (χ0v) is 11.4. The first-order valence-corrected chi connectivity index (χ1v) is 6.73. The van der Waals surface area contributed by atoms with Gasteiger partial charge in [-0.3, -0.25) is 4.99 Å². The molecule has 1 aliphatic carbocycles. The lowest BCUT2D eigenvalue weighted by Crippen LogP contribution is -1.97. The Hall–Kier alpha value is -2.00. The van der Waals surface area contributed by atoms with Gasteiger partial charge in [0.1, 0.15) is 5.82 Å². The Morgan fingerprint density at radius 2 is 2.15 bits per heavy atom. The number of benzene rings is 1. The van der Waals surface area contributed by atoms with Gasteiger partial charge < -0.3 is 5.11 Å². The molecule has 0 bridgehead atoms. The third kappa shape index (κ3) is 2.04. The van der Waals surface area contributed by atoms with Crippen molar-refractivity contribution in [2.75, 3.05) is 13.2 Å². The third-order valence-electron chi connectivity index (χ3n) is 3.84. The zero-order valence-electron chi connectivity index (χ0n) is 11.4. The van der Waals surface area contributed by atoms with Gasteiger partial charge in [0.05, 0.1) is 6.54 Å². The molecule has 1 aromatic carbocycles. The number of fused-ring (bicyclic) bond motifs is 1. The number of rotatable bonds is 2. The van der Waals surface area contributed by atoms with E-state index in [0.717, 1.165) is 33.4 Å². The van der Waals surface area contributed by atoms with Crippen molar-refractivity contribution in [1.82, 2.24) is 0 Å². The Bertz CT molecular complexity index is 680. The largest absolute Gasteiger partial charge is 0.396 e. The maximum atomic E-state index is 13.5. The highest BCUT2D eigenvalue weighted by molar-refractivity contribution is 6.01. The summed E-state index contributed by atoms with van der Waals surface area (Å²) in [4.78, 5) is 4.28. The molecule has 0 saturated heterocycles. The molecule has 3 heteroatoms. The Balaban J connectivity index is 2.22. The fourth-order valence-corrected chi connectivity index (χ4v) is 2.97. The van der Waals surface area contributed by atoms with Crippen molar-refractivity contribution in [2.45, 2.75) is 13.3 Å². The Kier molecular flexibility index (Phi) is 3.36. The van der Waals surface area contributed by atoms with E-state index in [-0.39, 0.29) is 12.4 Å². The van der Waals surface area contributed by atoms with Crippen LogP contribution < -0.4 is 0 Å². The quantitative estimate of drug-likeness (QED) is 0.877. The molecule has 0 saturated carbocycles. The van der Waals surface area contributed by atoms with E-state index in [4.69, 9.17) is 0 Å². The number of dihydropyridines is 1. The Morgan fingerprint density at radius 3 is 2.85 bits per heavy atom. The van der Waals surface area contributed by atoms with Crippen LogP contribution in [-0.2, 0) is 0 Å². The van der Waals surface area contributed by atoms with Crippen molar-refractivity contribution in [3.05, 3.63) is 58.4 Å². The van der Waals surface area contributed by atoms with Crippen molar-refractivity contribution in [2.24, 2.45) is 4.99 Å². The highest BCUT2D eigenvalue weighted by Crippen LogP contribution is 2.44. The minimum Gasteiger partial charge on any atom is -0.396 e. The van der Waals surface area contributed by atoms with Crippen LogP contribution in [0.4, 0.5) is 4.39 Å². The number of allylic oxidation sites excluding steroid dienone is 3. The second-order valence-electron chi connectivity index (χ2n) is 5.02. The summed E-state index contributed by atoms with van der Waals surface area (Å²) in [6, 6.07) is 4.88. The van der Waals surface area contributed by atoms with E-state index >= 15 is 0 Å². The highest BCUT2D eigenvalue weighted by atomic mass is 19.1. The first-order chi connectivity index (χ1) is 9.72. The lowest BCUT2D eigenvalue weighted by Gasteiger charge is -2.10. The number of aliphatic hydroxyl groups is 1. The first-order valence-electron chi connectivity index (χ1n) is 6.73. The molecule has 0 fully saturated rings. The second-order valence-corrected chi connectivity index (χ2v) is 5.02. The molecule has 2 nitrogen and oxygen atoms in total. The predicted molar refractivity (Wildman–Crippen MR) is 80.1 cm³/mol. The van der Waals surface area contributed by atoms with Crippen LogP contribution in [0.2, 0.25) is 0 Å². The Morgan fingerprint density at radius 1 is 1.30 bits per heavy atom. The lowest BCUT2D eigenvalue weighted by molar-refractivity contribution is 0.305. The summed E-state index contributed by atoms with van der Waals surface area (Å²) in [5.41, 5.74) is 6.39. The second kappa shape index (κ2) is 5.17. The van der Waals surface area contributed by atoms with Crippen molar-refractivity contribution in [1.29, 1.82) is 0 Å². The van der Waals surface area contributed by atoms with Gasteiger partial charge in [0.25, 0.3) is 0 Å². The molecular formula is C17H16FNO. The van der Waals surface area contributed by atoms with Gasteiger partial charge >= 0.3 is 0 Å². The van der Waals surface area contributed by atoms with Gasteiger partial charge in [-0.2, -0.15) is 0 Å². The summed E-state index contributed by atoms with van der Waals surface area (Å²) in [6.07, 6.45) is 6.32. The molecule has 0 radical (unpaired) electrons. The number of hydrogen-bond donors (Lipinski definition) is 1. The molecule has 1 N–H and O–H groups in total. The standard InChI is InChI=1S/C17H16FNO/c1-11-14(6-8-20)16-9-13(18)4-5-15(16)17(11)12-3-2-7-19-10-12/h2-5,7,9,20H,6,8,10H2,1H3/b17-12-. The van der Waals surface area contributed by atoms with Gasteiger partial charge in [-0.05, 0) is 65.0 Å². The van der Waals surface area contributed by atoms with E-state index in [0.29, 0.717) is 13.0 Å². The molecule has 0 unspecified atom stereocenters. The topological polar surface area (TPSA) is 32.6 Å². The fourth-order valence-electron chi connectivity index (χ4n) is 2.97. The minimum atomic E-state index is -0.240. The molecular weight excluding hydrogens is 253 g/mol. The SMILES string of the molecule is CC1=C(CCO)c2cc(F)ccc2/C1=C1/C=CC=NC1. The van der Waals surface area contributed by atoms with Gasteiger partial charge in [-0.25, -0.2) is 4.39 Å². The fraction of sp³-hybridized carbons (Fsp3) is 0.235. The van der Waals surface area contributed by atoms with Crippen LogP contribution in [0.1, 0.15) is 24.5 Å². The average molecular weight is 269 g/mol. The van der Waals surface area contributed by atoms with E-state index in [1.54, 1.807) is 12.3 Å². The molecule has 20 heavy (non-hydrogen) atoms. The van der Waals surface area contributed by atoms with Gasteiger partial charge in [-0.1, -0.05) is 12.1 Å². The molecule has 0 spiro atoms. The molecule has 0 amide bonds. The van der Waals surface area contributed by atoms with Crippen LogP contribution in [-0.4, -0.2) is 24.5 Å². The first kappa shape index (κ1) is 13.0. The summed E-state index contributed by atoms with van der Waals surface area (Å²) in [5.74, 6) is -0.240. The molecule has 3 rings (SSSR count). The summed E-state index contributed by atoms with van der Waals surface area (Å²) in [7, 11) is 0. The monoisotopic (exact) mass is 269 g/mol. The number of nitrogens with zero attached hydrogens (tertiary/aromatic N) is 1. The normalized spacial score (nSPS) is 20.8. The molecule has 1 aromatic rings. The maximum absolute atomic E-state index is 13.5. The van der Waals surface area contributed by atoms with Crippen molar-refractivity contribution < 1.29 is 9.50 Å². The minimum absolute atomic E-state index is 0.0687. The summed E-state index contributed by atoms with van der Waals surface area (Å²) < 4.78 is 13.5. The molecule has 0 aromatic heterocycles. The van der Waals surface area contributed by atoms with Crippen LogP contribution >= 0.6 is 0 Å². The molecule has 102 valence electrons. The third-order valence-corrected chi connectivity index (χ3v) is 3.84. The van der Waals surface area contributed by atoms with E-state index in [1.165, 1.54) is 6.07 Å².